The normalized spacial score (nSPS) is 15.4. The van der Waals surface area contributed by atoms with Crippen LogP contribution in [0.3, 0.4) is 0 Å². The fourth-order valence-electron chi connectivity index (χ4n) is 3.96. The van der Waals surface area contributed by atoms with Crippen LogP contribution in [0.4, 0.5) is 28.0 Å². The molecule has 11 heteroatoms. The molecule has 0 spiro atoms. The number of anilines is 5. The van der Waals surface area contributed by atoms with Crippen LogP contribution in [-0.2, 0) is 11.2 Å². The second kappa shape index (κ2) is 10.0. The number of aliphatic carboxylic acids is 1. The fourth-order valence-corrected chi connectivity index (χ4v) is 4.98. The molecule has 0 unspecified atom stereocenters. The van der Waals surface area contributed by atoms with Crippen molar-refractivity contribution in [2.45, 2.75) is 32.7 Å². The van der Waals surface area contributed by atoms with Gasteiger partial charge in [0, 0.05) is 38.7 Å². The number of hydrogen-bond acceptors (Lipinski definition) is 9. The predicted molar refractivity (Wildman–Crippen MR) is 141 cm³/mol. The van der Waals surface area contributed by atoms with E-state index in [2.05, 4.69) is 26.6 Å². The second-order valence-corrected chi connectivity index (χ2v) is 10.4. The Morgan fingerprint density at radius 2 is 1.97 bits per heavy atom. The zero-order chi connectivity index (χ0) is 26.0. The summed E-state index contributed by atoms with van der Waals surface area (Å²) >= 11 is 1.44. The molecule has 0 atom stereocenters. The van der Waals surface area contributed by atoms with E-state index in [4.69, 9.17) is 19.6 Å². The Balaban J connectivity index is 0.000000709. The first kappa shape index (κ1) is 25.2. The molecule has 0 radical (unpaired) electrons. The van der Waals surface area contributed by atoms with Crippen LogP contribution in [0.2, 0.25) is 0 Å². The summed E-state index contributed by atoms with van der Waals surface area (Å²) in [5, 5.41) is 14.7. The number of carbonyl (C=O) groups is 2. The van der Waals surface area contributed by atoms with Crippen LogP contribution in [-0.4, -0.2) is 59.7 Å². The summed E-state index contributed by atoms with van der Waals surface area (Å²) in [7, 11) is 3.93. The number of nitrogens with one attached hydrogen (secondary N) is 2. The van der Waals surface area contributed by atoms with Crippen molar-refractivity contribution in [2.24, 2.45) is 0 Å². The molecule has 0 fully saturated rings. The van der Waals surface area contributed by atoms with Gasteiger partial charge >= 0.3 is 0 Å². The number of ether oxygens (including phenoxy) is 1. The summed E-state index contributed by atoms with van der Waals surface area (Å²) in [5.74, 6) is 0.832. The van der Waals surface area contributed by atoms with Gasteiger partial charge in [-0.25, -0.2) is 9.97 Å². The quantitative estimate of drug-likeness (QED) is 0.478. The van der Waals surface area contributed by atoms with Crippen molar-refractivity contribution in [1.29, 1.82) is 0 Å². The van der Waals surface area contributed by atoms with E-state index in [1.165, 1.54) is 11.3 Å². The standard InChI is InChI=1S/C23H26N6O2S.C2H4O2/c1-23(2)12-16-20(21(30)27-23)32-22(26-16)29-9-10-31-18-7-5-14(11-17(18)29)25-15-6-8-19(24-13-15)28(3)4;1-2(3)4/h5-8,11,13,25H,9-10,12H2,1-4H3,(H,27,30);1H3,(H,3,4). The molecule has 0 saturated carbocycles. The highest BCUT2D eigenvalue weighted by atomic mass is 32.1. The largest absolute Gasteiger partial charge is 0.490 e. The maximum Gasteiger partial charge on any atom is 0.300 e. The summed E-state index contributed by atoms with van der Waals surface area (Å²) in [6.07, 6.45) is 2.54. The molecule has 0 aliphatic carbocycles. The van der Waals surface area contributed by atoms with E-state index in [0.29, 0.717) is 18.0 Å². The van der Waals surface area contributed by atoms with E-state index in [1.54, 1.807) is 0 Å². The molecule has 36 heavy (non-hydrogen) atoms. The molecule has 0 bridgehead atoms. The lowest BCUT2D eigenvalue weighted by Crippen LogP contribution is -2.48. The Hall–Kier alpha value is -3.86. The van der Waals surface area contributed by atoms with Crippen molar-refractivity contribution in [3.05, 3.63) is 47.1 Å². The third kappa shape index (κ3) is 5.68. The number of carboxylic acid groups (broad SMARTS) is 1. The lowest BCUT2D eigenvalue weighted by molar-refractivity contribution is -0.134. The van der Waals surface area contributed by atoms with Gasteiger partial charge in [0.1, 0.15) is 23.1 Å². The smallest absolute Gasteiger partial charge is 0.300 e. The molecule has 10 nitrogen and oxygen atoms in total. The number of fused-ring (bicyclic) bond motifs is 2. The zero-order valence-corrected chi connectivity index (χ0v) is 21.8. The molecule has 1 aromatic carbocycles. The first-order valence-electron chi connectivity index (χ1n) is 11.5. The van der Waals surface area contributed by atoms with Gasteiger partial charge in [0.25, 0.3) is 11.9 Å². The van der Waals surface area contributed by atoms with Crippen LogP contribution < -0.4 is 25.2 Å². The van der Waals surface area contributed by atoms with Gasteiger partial charge in [-0.15, -0.1) is 0 Å². The third-order valence-corrected chi connectivity index (χ3v) is 6.62. The molecule has 5 rings (SSSR count). The van der Waals surface area contributed by atoms with Crippen LogP contribution in [0.25, 0.3) is 0 Å². The summed E-state index contributed by atoms with van der Waals surface area (Å²) in [6, 6.07) is 9.99. The molecule has 3 N–H and O–H groups in total. The molecule has 2 aliphatic heterocycles. The van der Waals surface area contributed by atoms with E-state index in [0.717, 1.165) is 52.8 Å². The molecule has 2 aromatic heterocycles. The molecular weight excluding hydrogens is 480 g/mol. The van der Waals surface area contributed by atoms with Gasteiger partial charge in [0.05, 0.1) is 29.8 Å². The minimum atomic E-state index is -0.833. The molecule has 2 aliphatic rings. The maximum absolute atomic E-state index is 12.6. The average molecular weight is 511 g/mol. The van der Waals surface area contributed by atoms with Gasteiger partial charge in [0.2, 0.25) is 0 Å². The minimum absolute atomic E-state index is 0.0439. The molecule has 3 aromatic rings. The molecule has 1 amide bonds. The van der Waals surface area contributed by atoms with E-state index < -0.39 is 5.97 Å². The summed E-state index contributed by atoms with van der Waals surface area (Å²) in [5.41, 5.74) is 3.35. The molecular formula is C25H30N6O4S. The van der Waals surface area contributed by atoms with E-state index in [-0.39, 0.29) is 11.4 Å². The summed E-state index contributed by atoms with van der Waals surface area (Å²) in [6.45, 7) is 6.37. The Labute approximate surface area is 213 Å². The zero-order valence-electron chi connectivity index (χ0n) is 21.0. The molecule has 190 valence electrons. The minimum Gasteiger partial charge on any atom is -0.490 e. The van der Waals surface area contributed by atoms with E-state index >= 15 is 0 Å². The monoisotopic (exact) mass is 510 g/mol. The molecule has 4 heterocycles. The fraction of sp³-hybridized carbons (Fsp3) is 0.360. The SMILES string of the molecule is CC(=O)O.CN(C)c1ccc(Nc2ccc3c(c2)N(c2nc4c(s2)C(=O)NC(C)(C)C4)CCO3)cn1. The number of amides is 1. The van der Waals surface area contributed by atoms with Crippen molar-refractivity contribution in [2.75, 3.05) is 42.4 Å². The Bertz CT molecular complexity index is 1270. The number of aromatic nitrogens is 2. The first-order valence-corrected chi connectivity index (χ1v) is 12.3. The van der Waals surface area contributed by atoms with Gasteiger partial charge in [0.15, 0.2) is 5.13 Å². The highest BCUT2D eigenvalue weighted by Gasteiger charge is 2.34. The number of rotatable bonds is 4. The third-order valence-electron chi connectivity index (χ3n) is 5.50. The lowest BCUT2D eigenvalue weighted by atomic mass is 9.94. The summed E-state index contributed by atoms with van der Waals surface area (Å²) in [4.78, 5) is 35.7. The Kier molecular flexibility index (Phi) is 7.02. The average Bonchev–Trinajstić information content (AvgIpc) is 3.21. The van der Waals surface area contributed by atoms with Crippen LogP contribution in [0.5, 0.6) is 5.75 Å². The van der Waals surface area contributed by atoms with E-state index in [9.17, 15) is 4.79 Å². The van der Waals surface area contributed by atoms with Gasteiger partial charge in [-0.05, 0) is 44.2 Å². The van der Waals surface area contributed by atoms with Crippen LogP contribution in [0.15, 0.2) is 36.5 Å². The van der Waals surface area contributed by atoms with Crippen molar-refractivity contribution in [1.82, 2.24) is 15.3 Å². The van der Waals surface area contributed by atoms with Crippen LogP contribution in [0.1, 0.15) is 36.1 Å². The number of thiazole rings is 1. The first-order chi connectivity index (χ1) is 17.0. The highest BCUT2D eigenvalue weighted by Crippen LogP contribution is 2.42. The van der Waals surface area contributed by atoms with Gasteiger partial charge in [-0.1, -0.05) is 11.3 Å². The van der Waals surface area contributed by atoms with Gasteiger partial charge in [-0.3, -0.25) is 9.59 Å². The lowest BCUT2D eigenvalue weighted by Gasteiger charge is -2.30. The van der Waals surface area contributed by atoms with Crippen molar-refractivity contribution < 1.29 is 19.4 Å². The Morgan fingerprint density at radius 1 is 1.25 bits per heavy atom. The van der Waals surface area contributed by atoms with Gasteiger partial charge in [-0.2, -0.15) is 0 Å². The maximum atomic E-state index is 12.6. The summed E-state index contributed by atoms with van der Waals surface area (Å²) < 4.78 is 5.89. The van der Waals surface area contributed by atoms with Gasteiger partial charge < -0.3 is 30.3 Å². The number of carbonyl (C=O) groups excluding carboxylic acids is 1. The van der Waals surface area contributed by atoms with Crippen molar-refractivity contribution >= 4 is 51.2 Å². The number of carboxylic acids is 1. The number of benzene rings is 1. The topological polar surface area (TPSA) is 120 Å². The highest BCUT2D eigenvalue weighted by molar-refractivity contribution is 7.17. The number of nitrogens with zero attached hydrogens (tertiary/aromatic N) is 4. The van der Waals surface area contributed by atoms with Crippen molar-refractivity contribution in [3.63, 3.8) is 0 Å². The van der Waals surface area contributed by atoms with E-state index in [1.807, 2.05) is 63.3 Å². The predicted octanol–water partition coefficient (Wildman–Crippen LogP) is 4.03. The Morgan fingerprint density at radius 3 is 2.64 bits per heavy atom. The second-order valence-electron chi connectivity index (χ2n) is 9.41. The van der Waals surface area contributed by atoms with Crippen molar-refractivity contribution in [3.8, 4) is 5.75 Å². The molecule has 0 saturated heterocycles. The van der Waals surface area contributed by atoms with Crippen LogP contribution >= 0.6 is 11.3 Å². The number of pyridine rings is 1. The number of hydrogen-bond donors (Lipinski definition) is 3. The van der Waals surface area contributed by atoms with Crippen LogP contribution in [0, 0.1) is 0 Å².